The molecule has 114 valence electrons. The normalized spacial score (nSPS) is 19.1. The molecule has 0 atom stereocenters. The predicted molar refractivity (Wildman–Crippen MR) is 76.1 cm³/mol. The molecule has 0 bridgehead atoms. The lowest BCUT2D eigenvalue weighted by atomic mass is 9.86. The first-order valence-corrected chi connectivity index (χ1v) is 9.04. The van der Waals surface area contributed by atoms with Crippen LogP contribution in [0, 0.1) is 6.92 Å². The van der Waals surface area contributed by atoms with Gasteiger partial charge in [0, 0.05) is 5.56 Å². The Labute approximate surface area is 120 Å². The largest absolute Gasteiger partial charge is 0.389 e. The Morgan fingerprint density at radius 1 is 1.30 bits per heavy atom. The lowest BCUT2D eigenvalue weighted by Gasteiger charge is -2.31. The molecule has 0 aromatic carbocycles. The molecule has 6 heteroatoms. The number of sulfone groups is 1. The van der Waals surface area contributed by atoms with Gasteiger partial charge in [0.05, 0.1) is 22.8 Å². The molecular weight excluding hydrogens is 278 g/mol. The first-order chi connectivity index (χ1) is 9.35. The van der Waals surface area contributed by atoms with E-state index in [4.69, 9.17) is 4.52 Å². The minimum Gasteiger partial charge on any atom is -0.389 e. The van der Waals surface area contributed by atoms with Gasteiger partial charge in [-0.3, -0.25) is 0 Å². The van der Waals surface area contributed by atoms with Gasteiger partial charge >= 0.3 is 0 Å². The van der Waals surface area contributed by atoms with Crippen LogP contribution in [0.25, 0.3) is 0 Å². The highest BCUT2D eigenvalue weighted by molar-refractivity contribution is 7.90. The Bertz CT molecular complexity index is 556. The number of nitrogens with zero attached hydrogens (tertiary/aromatic N) is 1. The molecule has 5 nitrogen and oxygen atoms in total. The van der Waals surface area contributed by atoms with E-state index in [2.05, 4.69) is 5.16 Å². The van der Waals surface area contributed by atoms with E-state index in [9.17, 15) is 13.5 Å². The van der Waals surface area contributed by atoms with Crippen molar-refractivity contribution in [2.24, 2.45) is 0 Å². The Kier molecular flexibility index (Phi) is 4.54. The summed E-state index contributed by atoms with van der Waals surface area (Å²) in [4.78, 5) is 0. The fraction of sp³-hybridized carbons (Fsp3) is 0.786. The maximum Gasteiger partial charge on any atom is 0.157 e. The van der Waals surface area contributed by atoms with Crippen LogP contribution >= 0.6 is 0 Å². The standard InChI is InChI=1S/C14H23NO4S/c1-3-13-12(11(2)19-15-13)9-20(17,18)10-14(16)7-5-4-6-8-14/h16H,3-10H2,1-2H3. The second-order valence-corrected chi connectivity index (χ2v) is 7.90. The van der Waals surface area contributed by atoms with Crippen LogP contribution in [-0.2, 0) is 22.0 Å². The number of hydrogen-bond acceptors (Lipinski definition) is 5. The van der Waals surface area contributed by atoms with Gasteiger partial charge in [0.25, 0.3) is 0 Å². The zero-order valence-electron chi connectivity index (χ0n) is 12.2. The summed E-state index contributed by atoms with van der Waals surface area (Å²) < 4.78 is 29.8. The third-order valence-electron chi connectivity index (χ3n) is 4.04. The molecule has 0 saturated heterocycles. The minimum absolute atomic E-state index is 0.0895. The fourth-order valence-corrected chi connectivity index (χ4v) is 4.95. The molecule has 1 saturated carbocycles. The molecule has 0 radical (unpaired) electrons. The van der Waals surface area contributed by atoms with E-state index >= 15 is 0 Å². The van der Waals surface area contributed by atoms with Gasteiger partial charge in [-0.25, -0.2) is 8.42 Å². The summed E-state index contributed by atoms with van der Waals surface area (Å²) in [6.45, 7) is 3.65. The van der Waals surface area contributed by atoms with Crippen LogP contribution in [0.3, 0.4) is 0 Å². The molecular formula is C14H23NO4S. The average molecular weight is 301 g/mol. The second-order valence-electron chi connectivity index (χ2n) is 5.83. The van der Waals surface area contributed by atoms with Crippen LogP contribution in [0.2, 0.25) is 0 Å². The summed E-state index contributed by atoms with van der Waals surface area (Å²) in [5, 5.41) is 14.3. The maximum atomic E-state index is 12.4. The van der Waals surface area contributed by atoms with Crippen LogP contribution in [0.15, 0.2) is 4.52 Å². The summed E-state index contributed by atoms with van der Waals surface area (Å²) in [7, 11) is -3.37. The van der Waals surface area contributed by atoms with Gasteiger partial charge in [-0.05, 0) is 26.2 Å². The van der Waals surface area contributed by atoms with E-state index in [-0.39, 0.29) is 11.5 Å². The number of hydrogen-bond donors (Lipinski definition) is 1. The molecule has 0 spiro atoms. The average Bonchev–Trinajstić information content (AvgIpc) is 2.69. The second kappa shape index (κ2) is 5.85. The van der Waals surface area contributed by atoms with Crippen LogP contribution < -0.4 is 0 Å². The molecule has 1 heterocycles. The van der Waals surface area contributed by atoms with Crippen LogP contribution in [-0.4, -0.2) is 30.0 Å². The molecule has 1 fully saturated rings. The first kappa shape index (κ1) is 15.5. The smallest absolute Gasteiger partial charge is 0.157 e. The van der Waals surface area contributed by atoms with Crippen molar-refractivity contribution in [1.29, 1.82) is 0 Å². The molecule has 20 heavy (non-hydrogen) atoms. The quantitative estimate of drug-likeness (QED) is 0.901. The van der Waals surface area contributed by atoms with E-state index in [1.54, 1.807) is 6.92 Å². The molecule has 0 aliphatic heterocycles. The molecule has 0 amide bonds. The Hall–Kier alpha value is -0.880. The van der Waals surface area contributed by atoms with Crippen molar-refractivity contribution in [2.75, 3.05) is 5.75 Å². The number of aliphatic hydroxyl groups is 1. The number of aromatic nitrogens is 1. The molecule has 1 aromatic rings. The van der Waals surface area contributed by atoms with Crippen molar-refractivity contribution in [2.45, 2.75) is 63.7 Å². The van der Waals surface area contributed by atoms with Crippen molar-refractivity contribution < 1.29 is 18.0 Å². The van der Waals surface area contributed by atoms with Crippen LogP contribution in [0.1, 0.15) is 56.0 Å². The zero-order chi connectivity index (χ0) is 14.8. The maximum absolute atomic E-state index is 12.4. The zero-order valence-corrected chi connectivity index (χ0v) is 13.0. The van der Waals surface area contributed by atoms with Gasteiger partial charge in [-0.15, -0.1) is 0 Å². The van der Waals surface area contributed by atoms with E-state index in [0.29, 0.717) is 36.3 Å². The molecule has 1 N–H and O–H groups in total. The van der Waals surface area contributed by atoms with Crippen molar-refractivity contribution in [1.82, 2.24) is 5.16 Å². The lowest BCUT2D eigenvalue weighted by molar-refractivity contribution is 0.0257. The van der Waals surface area contributed by atoms with Gasteiger partial charge in [-0.2, -0.15) is 0 Å². The summed E-state index contributed by atoms with van der Waals surface area (Å²) in [6.07, 6.45) is 4.68. The fourth-order valence-electron chi connectivity index (χ4n) is 2.93. The van der Waals surface area contributed by atoms with Crippen molar-refractivity contribution in [3.63, 3.8) is 0 Å². The Morgan fingerprint density at radius 2 is 1.95 bits per heavy atom. The summed E-state index contributed by atoms with van der Waals surface area (Å²) in [6, 6.07) is 0. The van der Waals surface area contributed by atoms with Gasteiger partial charge in [-0.1, -0.05) is 31.3 Å². The summed E-state index contributed by atoms with van der Waals surface area (Å²) >= 11 is 0. The highest BCUT2D eigenvalue weighted by Gasteiger charge is 2.35. The van der Waals surface area contributed by atoms with E-state index in [1.807, 2.05) is 6.92 Å². The van der Waals surface area contributed by atoms with Crippen LogP contribution in [0.5, 0.6) is 0 Å². The third-order valence-corrected chi connectivity index (χ3v) is 5.74. The molecule has 1 aliphatic rings. The lowest BCUT2D eigenvalue weighted by Crippen LogP contribution is -2.39. The molecule has 1 aromatic heterocycles. The topological polar surface area (TPSA) is 80.4 Å². The summed E-state index contributed by atoms with van der Waals surface area (Å²) in [5.41, 5.74) is 0.308. The molecule has 1 aliphatic carbocycles. The monoisotopic (exact) mass is 301 g/mol. The highest BCUT2D eigenvalue weighted by atomic mass is 32.2. The predicted octanol–water partition coefficient (Wildman–Crippen LogP) is 2.16. The minimum atomic E-state index is -3.37. The number of rotatable bonds is 5. The van der Waals surface area contributed by atoms with Gasteiger partial charge in [0.2, 0.25) is 0 Å². The van der Waals surface area contributed by atoms with Gasteiger partial charge < -0.3 is 9.63 Å². The number of aryl methyl sites for hydroxylation is 2. The van der Waals surface area contributed by atoms with E-state index in [0.717, 1.165) is 19.3 Å². The summed E-state index contributed by atoms with van der Waals surface area (Å²) in [5.74, 6) is 0.308. The Morgan fingerprint density at radius 3 is 2.55 bits per heavy atom. The molecule has 2 rings (SSSR count). The third kappa shape index (κ3) is 3.61. The van der Waals surface area contributed by atoms with Gasteiger partial charge in [0.1, 0.15) is 5.76 Å². The highest BCUT2D eigenvalue weighted by Crippen LogP contribution is 2.30. The van der Waals surface area contributed by atoms with Crippen LogP contribution in [0.4, 0.5) is 0 Å². The van der Waals surface area contributed by atoms with Crippen molar-refractivity contribution in [3.05, 3.63) is 17.0 Å². The van der Waals surface area contributed by atoms with E-state index in [1.165, 1.54) is 0 Å². The van der Waals surface area contributed by atoms with Gasteiger partial charge in [0.15, 0.2) is 9.84 Å². The van der Waals surface area contributed by atoms with Crippen molar-refractivity contribution in [3.8, 4) is 0 Å². The first-order valence-electron chi connectivity index (χ1n) is 7.22. The van der Waals surface area contributed by atoms with Crippen molar-refractivity contribution >= 4 is 9.84 Å². The Balaban J connectivity index is 2.13. The molecule has 0 unspecified atom stereocenters. The SMILES string of the molecule is CCc1noc(C)c1CS(=O)(=O)CC1(O)CCCCC1. The van der Waals surface area contributed by atoms with E-state index < -0.39 is 15.4 Å².